The minimum atomic E-state index is -0.526. The molecule has 24 heavy (non-hydrogen) atoms. The molecular weight excluding hydrogens is 300 g/mol. The molecule has 2 aromatic rings. The SMILES string of the molecule is C=C[C@H]1CN2CC[C@H]1CC2[C@H](O)c1cncc2ccc(OC)cc12. The van der Waals surface area contributed by atoms with Crippen LogP contribution in [0, 0.1) is 11.8 Å². The summed E-state index contributed by atoms with van der Waals surface area (Å²) in [6.07, 6.45) is 7.44. The van der Waals surface area contributed by atoms with Gasteiger partial charge in [0.25, 0.3) is 0 Å². The Hall–Kier alpha value is -1.91. The number of nitrogens with zero attached hydrogens (tertiary/aromatic N) is 2. The van der Waals surface area contributed by atoms with E-state index in [1.807, 2.05) is 24.4 Å². The van der Waals surface area contributed by atoms with Crippen molar-refractivity contribution < 1.29 is 9.84 Å². The maximum absolute atomic E-state index is 11.1. The molecule has 3 aliphatic rings. The maximum atomic E-state index is 11.1. The third kappa shape index (κ3) is 2.50. The molecular formula is C20H24N2O2. The highest BCUT2D eigenvalue weighted by Crippen LogP contribution is 2.42. The molecule has 1 aromatic heterocycles. The van der Waals surface area contributed by atoms with Gasteiger partial charge >= 0.3 is 0 Å². The predicted octanol–water partition coefficient (Wildman–Crippen LogP) is 3.17. The molecule has 3 fully saturated rings. The summed E-state index contributed by atoms with van der Waals surface area (Å²) < 4.78 is 5.36. The molecule has 0 spiro atoms. The van der Waals surface area contributed by atoms with E-state index >= 15 is 0 Å². The Morgan fingerprint density at radius 3 is 3.00 bits per heavy atom. The van der Waals surface area contributed by atoms with Crippen LogP contribution < -0.4 is 4.74 Å². The number of benzene rings is 1. The number of methoxy groups -OCH3 is 1. The van der Waals surface area contributed by atoms with Crippen LogP contribution in [0.3, 0.4) is 0 Å². The topological polar surface area (TPSA) is 45.6 Å². The van der Waals surface area contributed by atoms with Crippen molar-refractivity contribution in [3.8, 4) is 5.75 Å². The molecule has 4 heteroatoms. The van der Waals surface area contributed by atoms with E-state index in [0.29, 0.717) is 11.8 Å². The second kappa shape index (κ2) is 6.19. The zero-order chi connectivity index (χ0) is 16.7. The van der Waals surface area contributed by atoms with Crippen molar-refractivity contribution in [3.05, 3.63) is 48.8 Å². The first-order valence-electron chi connectivity index (χ1n) is 8.67. The normalized spacial score (nSPS) is 30.2. The van der Waals surface area contributed by atoms with Crippen LogP contribution in [-0.4, -0.2) is 41.2 Å². The second-order valence-corrected chi connectivity index (χ2v) is 7.01. The Labute approximate surface area is 142 Å². The molecule has 1 aromatic carbocycles. The number of fused-ring (bicyclic) bond motifs is 4. The summed E-state index contributed by atoms with van der Waals surface area (Å²) in [6.45, 7) is 6.06. The Balaban J connectivity index is 1.69. The molecule has 4 nitrogen and oxygen atoms in total. The van der Waals surface area contributed by atoms with Crippen molar-refractivity contribution in [2.24, 2.45) is 11.8 Å². The van der Waals surface area contributed by atoms with Crippen LogP contribution in [-0.2, 0) is 0 Å². The molecule has 3 saturated heterocycles. The van der Waals surface area contributed by atoms with Gasteiger partial charge in [-0.15, -0.1) is 6.58 Å². The maximum Gasteiger partial charge on any atom is 0.119 e. The average Bonchev–Trinajstić information content (AvgIpc) is 2.66. The zero-order valence-electron chi connectivity index (χ0n) is 14.1. The number of hydrogen-bond acceptors (Lipinski definition) is 4. The van der Waals surface area contributed by atoms with E-state index < -0.39 is 6.10 Å². The van der Waals surface area contributed by atoms with Gasteiger partial charge in [-0.1, -0.05) is 6.08 Å². The Kier molecular flexibility index (Phi) is 4.02. The lowest BCUT2D eigenvalue weighted by Crippen LogP contribution is -2.54. The third-order valence-electron chi connectivity index (χ3n) is 5.84. The highest BCUT2D eigenvalue weighted by atomic mass is 16.5. The molecule has 3 aliphatic heterocycles. The molecule has 2 bridgehead atoms. The van der Waals surface area contributed by atoms with E-state index in [1.165, 1.54) is 6.42 Å². The van der Waals surface area contributed by atoms with Gasteiger partial charge in [0.05, 0.1) is 13.2 Å². The van der Waals surface area contributed by atoms with E-state index in [1.54, 1.807) is 13.3 Å². The molecule has 126 valence electrons. The van der Waals surface area contributed by atoms with Crippen LogP contribution >= 0.6 is 0 Å². The summed E-state index contributed by atoms with van der Waals surface area (Å²) in [5.74, 6) is 2.01. The molecule has 0 saturated carbocycles. The summed E-state index contributed by atoms with van der Waals surface area (Å²) in [6, 6.07) is 6.09. The molecule has 5 rings (SSSR count). The summed E-state index contributed by atoms with van der Waals surface area (Å²) in [5, 5.41) is 13.2. The fourth-order valence-electron chi connectivity index (χ4n) is 4.44. The lowest BCUT2D eigenvalue weighted by atomic mass is 9.73. The zero-order valence-corrected chi connectivity index (χ0v) is 14.1. The van der Waals surface area contributed by atoms with Gasteiger partial charge in [0, 0.05) is 35.9 Å². The Bertz CT molecular complexity index is 760. The van der Waals surface area contributed by atoms with Crippen LogP contribution in [0.4, 0.5) is 0 Å². The van der Waals surface area contributed by atoms with Crippen LogP contribution in [0.2, 0.25) is 0 Å². The lowest BCUT2D eigenvalue weighted by molar-refractivity contribution is -0.0445. The number of pyridine rings is 1. The minimum Gasteiger partial charge on any atom is -0.497 e. The van der Waals surface area contributed by atoms with Gasteiger partial charge in [-0.3, -0.25) is 9.88 Å². The number of aliphatic hydroxyl groups is 1. The van der Waals surface area contributed by atoms with Gasteiger partial charge in [0.1, 0.15) is 5.75 Å². The molecule has 1 N–H and O–H groups in total. The van der Waals surface area contributed by atoms with Crippen molar-refractivity contribution in [1.29, 1.82) is 0 Å². The third-order valence-corrected chi connectivity index (χ3v) is 5.84. The molecule has 0 radical (unpaired) electrons. The van der Waals surface area contributed by atoms with Gasteiger partial charge in [-0.05, 0) is 54.8 Å². The summed E-state index contributed by atoms with van der Waals surface area (Å²) in [7, 11) is 1.67. The summed E-state index contributed by atoms with van der Waals surface area (Å²) >= 11 is 0. The number of ether oxygens (including phenoxy) is 1. The first-order chi connectivity index (χ1) is 11.7. The summed E-state index contributed by atoms with van der Waals surface area (Å²) in [5.41, 5.74) is 0.902. The first kappa shape index (κ1) is 15.6. The van der Waals surface area contributed by atoms with Gasteiger partial charge in [-0.25, -0.2) is 0 Å². The Morgan fingerprint density at radius 2 is 2.29 bits per heavy atom. The van der Waals surface area contributed by atoms with E-state index in [0.717, 1.165) is 41.6 Å². The number of rotatable bonds is 4. The standard InChI is InChI=1S/C20H24N2O2/c1-3-13-12-22-7-6-14(13)8-19(22)20(23)18-11-21-10-15-4-5-16(24-2)9-17(15)18/h3-5,9-11,13-14,19-20,23H,1,6-8,12H2,2H3/t13-,14-,19?,20+/m0/s1. The van der Waals surface area contributed by atoms with Crippen molar-refractivity contribution in [3.63, 3.8) is 0 Å². The quantitative estimate of drug-likeness (QED) is 0.878. The first-order valence-corrected chi connectivity index (χ1v) is 8.67. The highest BCUT2D eigenvalue weighted by Gasteiger charge is 2.42. The van der Waals surface area contributed by atoms with E-state index in [9.17, 15) is 5.11 Å². The predicted molar refractivity (Wildman–Crippen MR) is 95.0 cm³/mol. The monoisotopic (exact) mass is 324 g/mol. The fraction of sp³-hybridized carbons (Fsp3) is 0.450. The lowest BCUT2D eigenvalue weighted by Gasteiger charge is -2.50. The van der Waals surface area contributed by atoms with Gasteiger partial charge in [0.2, 0.25) is 0 Å². The molecule has 2 unspecified atom stereocenters. The molecule has 4 heterocycles. The Morgan fingerprint density at radius 1 is 1.42 bits per heavy atom. The van der Waals surface area contributed by atoms with E-state index in [-0.39, 0.29) is 6.04 Å². The van der Waals surface area contributed by atoms with Crippen molar-refractivity contribution in [1.82, 2.24) is 9.88 Å². The number of aromatic nitrogens is 1. The smallest absolute Gasteiger partial charge is 0.119 e. The van der Waals surface area contributed by atoms with Crippen LogP contribution in [0.25, 0.3) is 10.8 Å². The number of piperidine rings is 3. The van der Waals surface area contributed by atoms with Gasteiger partial charge in [-0.2, -0.15) is 0 Å². The summed E-state index contributed by atoms with van der Waals surface area (Å²) in [4.78, 5) is 6.77. The average molecular weight is 324 g/mol. The molecule has 0 aliphatic carbocycles. The largest absolute Gasteiger partial charge is 0.497 e. The minimum absolute atomic E-state index is 0.165. The van der Waals surface area contributed by atoms with Crippen LogP contribution in [0.15, 0.2) is 43.2 Å². The van der Waals surface area contributed by atoms with Crippen LogP contribution in [0.5, 0.6) is 5.75 Å². The van der Waals surface area contributed by atoms with Gasteiger partial charge in [0.15, 0.2) is 0 Å². The van der Waals surface area contributed by atoms with Gasteiger partial charge < -0.3 is 9.84 Å². The number of hydrogen-bond donors (Lipinski definition) is 1. The van der Waals surface area contributed by atoms with Crippen molar-refractivity contribution in [2.75, 3.05) is 20.2 Å². The van der Waals surface area contributed by atoms with E-state index in [2.05, 4.69) is 22.5 Å². The van der Waals surface area contributed by atoms with Crippen molar-refractivity contribution >= 4 is 10.8 Å². The number of aliphatic hydroxyl groups excluding tert-OH is 1. The second-order valence-electron chi connectivity index (χ2n) is 7.01. The highest BCUT2D eigenvalue weighted by molar-refractivity contribution is 5.86. The van der Waals surface area contributed by atoms with Crippen LogP contribution in [0.1, 0.15) is 24.5 Å². The fourth-order valence-corrected chi connectivity index (χ4v) is 4.44. The van der Waals surface area contributed by atoms with E-state index in [4.69, 9.17) is 4.74 Å². The molecule has 5 atom stereocenters. The van der Waals surface area contributed by atoms with Crippen molar-refractivity contribution in [2.45, 2.75) is 25.0 Å². The molecule has 0 amide bonds.